The lowest BCUT2D eigenvalue weighted by atomic mass is 10.1. The third kappa shape index (κ3) is 5.13. The van der Waals surface area contributed by atoms with Crippen molar-refractivity contribution in [3.8, 4) is 0 Å². The standard InChI is InChI=1S/C19H25N3O2/c1-14-6-8-17(9-7-14)13-22(10-5-11-24-4)19(23)18-12-15(2)20-16(3)21-18/h6-9,12H,5,10-11,13H2,1-4H3. The van der Waals surface area contributed by atoms with Crippen molar-refractivity contribution in [2.75, 3.05) is 20.3 Å². The second kappa shape index (κ2) is 8.55. The highest BCUT2D eigenvalue weighted by Gasteiger charge is 2.18. The van der Waals surface area contributed by atoms with Crippen LogP contribution in [0.4, 0.5) is 0 Å². The fourth-order valence-corrected chi connectivity index (χ4v) is 2.55. The molecule has 5 heteroatoms. The molecule has 0 spiro atoms. The predicted octanol–water partition coefficient (Wildman–Crippen LogP) is 3.08. The molecule has 0 aliphatic rings. The van der Waals surface area contributed by atoms with E-state index in [2.05, 4.69) is 41.2 Å². The summed E-state index contributed by atoms with van der Waals surface area (Å²) in [5, 5.41) is 0. The molecule has 2 rings (SSSR count). The van der Waals surface area contributed by atoms with E-state index in [1.807, 2.05) is 11.8 Å². The summed E-state index contributed by atoms with van der Waals surface area (Å²) in [6.45, 7) is 7.55. The summed E-state index contributed by atoms with van der Waals surface area (Å²) in [5.74, 6) is 0.547. The van der Waals surface area contributed by atoms with Gasteiger partial charge >= 0.3 is 0 Å². The van der Waals surface area contributed by atoms with Crippen molar-refractivity contribution < 1.29 is 9.53 Å². The van der Waals surface area contributed by atoms with Crippen molar-refractivity contribution in [3.63, 3.8) is 0 Å². The van der Waals surface area contributed by atoms with Gasteiger partial charge in [0.1, 0.15) is 11.5 Å². The largest absolute Gasteiger partial charge is 0.385 e. The zero-order valence-electron chi connectivity index (χ0n) is 14.9. The molecule has 0 unspecified atom stereocenters. The smallest absolute Gasteiger partial charge is 0.272 e. The van der Waals surface area contributed by atoms with E-state index >= 15 is 0 Å². The first-order chi connectivity index (χ1) is 11.5. The van der Waals surface area contributed by atoms with Gasteiger partial charge in [0, 0.05) is 32.5 Å². The van der Waals surface area contributed by atoms with Crippen LogP contribution >= 0.6 is 0 Å². The molecule has 0 radical (unpaired) electrons. The van der Waals surface area contributed by atoms with E-state index in [0.717, 1.165) is 17.7 Å². The second-order valence-electron chi connectivity index (χ2n) is 6.00. The minimum atomic E-state index is -0.0692. The minimum Gasteiger partial charge on any atom is -0.385 e. The highest BCUT2D eigenvalue weighted by molar-refractivity contribution is 5.92. The topological polar surface area (TPSA) is 55.3 Å². The van der Waals surface area contributed by atoms with Crippen molar-refractivity contribution in [1.82, 2.24) is 14.9 Å². The van der Waals surface area contributed by atoms with E-state index in [9.17, 15) is 4.79 Å². The van der Waals surface area contributed by atoms with E-state index in [4.69, 9.17) is 4.74 Å². The molecule has 1 heterocycles. The van der Waals surface area contributed by atoms with Crippen LogP contribution in [0.5, 0.6) is 0 Å². The van der Waals surface area contributed by atoms with Crippen LogP contribution < -0.4 is 0 Å². The van der Waals surface area contributed by atoms with Gasteiger partial charge in [-0.25, -0.2) is 9.97 Å². The molecular formula is C19H25N3O2. The van der Waals surface area contributed by atoms with Crippen LogP contribution in [-0.2, 0) is 11.3 Å². The Labute approximate surface area is 143 Å². The molecule has 0 N–H and O–H groups in total. The maximum atomic E-state index is 12.9. The molecule has 1 amide bonds. The number of nitrogens with zero attached hydrogens (tertiary/aromatic N) is 3. The number of carbonyl (C=O) groups excluding carboxylic acids is 1. The van der Waals surface area contributed by atoms with Gasteiger partial charge in [-0.05, 0) is 38.8 Å². The Balaban J connectivity index is 2.20. The van der Waals surface area contributed by atoms with Crippen LogP contribution in [0.15, 0.2) is 30.3 Å². The fourth-order valence-electron chi connectivity index (χ4n) is 2.55. The quantitative estimate of drug-likeness (QED) is 0.733. The summed E-state index contributed by atoms with van der Waals surface area (Å²) in [4.78, 5) is 23.3. The van der Waals surface area contributed by atoms with Gasteiger partial charge in [0.15, 0.2) is 0 Å². The number of ether oxygens (including phenoxy) is 1. The highest BCUT2D eigenvalue weighted by Crippen LogP contribution is 2.12. The number of methoxy groups -OCH3 is 1. The third-order valence-corrected chi connectivity index (χ3v) is 3.74. The highest BCUT2D eigenvalue weighted by atomic mass is 16.5. The Hall–Kier alpha value is -2.27. The predicted molar refractivity (Wildman–Crippen MR) is 93.9 cm³/mol. The van der Waals surface area contributed by atoms with Gasteiger partial charge in [0.2, 0.25) is 0 Å². The lowest BCUT2D eigenvalue weighted by molar-refractivity contribution is 0.0717. The Morgan fingerprint density at radius 1 is 1.12 bits per heavy atom. The van der Waals surface area contributed by atoms with Crippen LogP contribution in [0.3, 0.4) is 0 Å². The van der Waals surface area contributed by atoms with Gasteiger partial charge in [-0.1, -0.05) is 29.8 Å². The summed E-state index contributed by atoms with van der Waals surface area (Å²) >= 11 is 0. The Morgan fingerprint density at radius 3 is 2.46 bits per heavy atom. The molecule has 0 fully saturated rings. The van der Waals surface area contributed by atoms with E-state index in [1.165, 1.54) is 5.56 Å². The van der Waals surface area contributed by atoms with Gasteiger partial charge in [-0.15, -0.1) is 0 Å². The van der Waals surface area contributed by atoms with Crippen LogP contribution in [0.1, 0.15) is 39.6 Å². The molecule has 0 aliphatic heterocycles. The summed E-state index contributed by atoms with van der Waals surface area (Å²) in [6, 6.07) is 9.98. The Kier molecular flexibility index (Phi) is 6.44. The average molecular weight is 327 g/mol. The number of aromatic nitrogens is 2. The fraction of sp³-hybridized carbons (Fsp3) is 0.421. The number of hydrogen-bond donors (Lipinski definition) is 0. The van der Waals surface area contributed by atoms with Crippen molar-refractivity contribution in [1.29, 1.82) is 0 Å². The average Bonchev–Trinajstić information content (AvgIpc) is 2.54. The first-order valence-corrected chi connectivity index (χ1v) is 8.15. The lowest BCUT2D eigenvalue weighted by Gasteiger charge is -2.23. The SMILES string of the molecule is COCCCN(Cc1ccc(C)cc1)C(=O)c1cc(C)nc(C)n1. The number of amides is 1. The van der Waals surface area contributed by atoms with Crippen molar-refractivity contribution in [2.45, 2.75) is 33.7 Å². The van der Waals surface area contributed by atoms with E-state index in [1.54, 1.807) is 20.1 Å². The van der Waals surface area contributed by atoms with Gasteiger partial charge in [-0.2, -0.15) is 0 Å². The number of benzene rings is 1. The molecule has 1 aromatic carbocycles. The number of carbonyl (C=O) groups is 1. The molecule has 1 aromatic heterocycles. The van der Waals surface area contributed by atoms with Crippen LogP contribution in [0.25, 0.3) is 0 Å². The van der Waals surface area contributed by atoms with Gasteiger partial charge in [0.25, 0.3) is 5.91 Å². The first kappa shape index (κ1) is 18.1. The Bertz CT molecular complexity index is 663. The van der Waals surface area contributed by atoms with E-state index < -0.39 is 0 Å². The summed E-state index contributed by atoms with van der Waals surface area (Å²) in [6.07, 6.45) is 0.789. The molecule has 0 atom stereocenters. The van der Waals surface area contributed by atoms with E-state index in [-0.39, 0.29) is 5.91 Å². The summed E-state index contributed by atoms with van der Waals surface area (Å²) in [5.41, 5.74) is 3.56. The first-order valence-electron chi connectivity index (χ1n) is 8.15. The summed E-state index contributed by atoms with van der Waals surface area (Å²) in [7, 11) is 1.67. The van der Waals surface area contributed by atoms with E-state index in [0.29, 0.717) is 31.2 Å². The molecule has 0 aliphatic carbocycles. The molecule has 5 nitrogen and oxygen atoms in total. The maximum absolute atomic E-state index is 12.9. The molecule has 0 saturated heterocycles. The van der Waals surface area contributed by atoms with Crippen LogP contribution in [-0.4, -0.2) is 41.0 Å². The lowest BCUT2D eigenvalue weighted by Crippen LogP contribution is -2.33. The number of rotatable bonds is 7. The molecule has 128 valence electrons. The monoisotopic (exact) mass is 327 g/mol. The minimum absolute atomic E-state index is 0.0692. The molecular weight excluding hydrogens is 302 g/mol. The molecule has 0 saturated carbocycles. The van der Waals surface area contributed by atoms with Crippen molar-refractivity contribution in [2.24, 2.45) is 0 Å². The van der Waals surface area contributed by atoms with Gasteiger partial charge in [-0.3, -0.25) is 4.79 Å². The number of hydrogen-bond acceptors (Lipinski definition) is 4. The van der Waals surface area contributed by atoms with Crippen molar-refractivity contribution >= 4 is 5.91 Å². The van der Waals surface area contributed by atoms with Gasteiger partial charge in [0.05, 0.1) is 0 Å². The summed E-state index contributed by atoms with van der Waals surface area (Å²) < 4.78 is 5.12. The van der Waals surface area contributed by atoms with Crippen LogP contribution in [0.2, 0.25) is 0 Å². The normalized spacial score (nSPS) is 10.7. The zero-order chi connectivity index (χ0) is 17.5. The van der Waals surface area contributed by atoms with Crippen LogP contribution in [0, 0.1) is 20.8 Å². The number of aryl methyl sites for hydroxylation is 3. The zero-order valence-corrected chi connectivity index (χ0v) is 14.9. The maximum Gasteiger partial charge on any atom is 0.272 e. The Morgan fingerprint density at radius 2 is 1.83 bits per heavy atom. The molecule has 24 heavy (non-hydrogen) atoms. The molecule has 2 aromatic rings. The van der Waals surface area contributed by atoms with Crippen molar-refractivity contribution in [3.05, 3.63) is 58.7 Å². The van der Waals surface area contributed by atoms with Gasteiger partial charge < -0.3 is 9.64 Å². The second-order valence-corrected chi connectivity index (χ2v) is 6.00. The third-order valence-electron chi connectivity index (χ3n) is 3.74. The molecule has 0 bridgehead atoms.